The van der Waals surface area contributed by atoms with Crippen LogP contribution in [0.2, 0.25) is 0 Å². The van der Waals surface area contributed by atoms with E-state index in [0.717, 1.165) is 17.8 Å². The molecule has 0 fully saturated rings. The van der Waals surface area contributed by atoms with Gasteiger partial charge in [-0.1, -0.05) is 37.3 Å². The molecule has 3 heteroatoms. The highest BCUT2D eigenvalue weighted by atomic mass is 19.1. The molecule has 2 rings (SSSR count). The van der Waals surface area contributed by atoms with Gasteiger partial charge in [-0.15, -0.1) is 0 Å². The zero-order valence-electron chi connectivity index (χ0n) is 12.0. The standard InChI is InChI=1S/C17H21FN2/c1-13(17(19)14-6-4-3-5-7-14)12-20(2)16-10-8-15(18)9-11-16/h3-11,13,17H,12,19H2,1-2H3. The number of rotatable bonds is 5. The van der Waals surface area contributed by atoms with Gasteiger partial charge in [0.2, 0.25) is 0 Å². The second-order valence-electron chi connectivity index (χ2n) is 5.27. The van der Waals surface area contributed by atoms with Crippen LogP contribution in [-0.2, 0) is 0 Å². The lowest BCUT2D eigenvalue weighted by molar-refractivity contribution is 0.472. The first-order valence-corrected chi connectivity index (χ1v) is 6.85. The number of benzene rings is 2. The third kappa shape index (κ3) is 3.58. The van der Waals surface area contributed by atoms with E-state index in [4.69, 9.17) is 5.73 Å². The minimum atomic E-state index is -0.212. The van der Waals surface area contributed by atoms with Crippen molar-refractivity contribution in [3.05, 3.63) is 66.0 Å². The number of nitrogens with zero attached hydrogens (tertiary/aromatic N) is 1. The van der Waals surface area contributed by atoms with Gasteiger partial charge in [-0.25, -0.2) is 4.39 Å². The number of halogens is 1. The van der Waals surface area contributed by atoms with Gasteiger partial charge in [0.1, 0.15) is 5.82 Å². The Morgan fingerprint density at radius 2 is 1.65 bits per heavy atom. The Bertz CT molecular complexity index is 524. The van der Waals surface area contributed by atoms with Crippen molar-refractivity contribution in [2.75, 3.05) is 18.5 Å². The molecule has 2 aromatic carbocycles. The zero-order chi connectivity index (χ0) is 14.5. The van der Waals surface area contributed by atoms with Gasteiger partial charge in [0.15, 0.2) is 0 Å². The molecule has 0 saturated heterocycles. The molecule has 0 aliphatic heterocycles. The summed E-state index contributed by atoms with van der Waals surface area (Å²) in [5.74, 6) is 0.0867. The van der Waals surface area contributed by atoms with Crippen molar-refractivity contribution >= 4 is 5.69 Å². The van der Waals surface area contributed by atoms with Gasteiger partial charge < -0.3 is 10.6 Å². The first-order chi connectivity index (χ1) is 9.58. The normalized spacial score (nSPS) is 13.8. The number of hydrogen-bond donors (Lipinski definition) is 1. The van der Waals surface area contributed by atoms with Gasteiger partial charge in [0.25, 0.3) is 0 Å². The molecule has 2 unspecified atom stereocenters. The van der Waals surface area contributed by atoms with Crippen molar-refractivity contribution in [3.8, 4) is 0 Å². The molecule has 0 heterocycles. The number of nitrogens with two attached hydrogens (primary N) is 1. The fourth-order valence-corrected chi connectivity index (χ4v) is 2.35. The minimum absolute atomic E-state index is 0.000835. The van der Waals surface area contributed by atoms with Gasteiger partial charge in [-0.05, 0) is 35.7 Å². The van der Waals surface area contributed by atoms with Crippen LogP contribution in [0.25, 0.3) is 0 Å². The van der Waals surface area contributed by atoms with E-state index >= 15 is 0 Å². The molecule has 0 saturated carbocycles. The zero-order valence-corrected chi connectivity index (χ0v) is 12.0. The average molecular weight is 272 g/mol. The Hall–Kier alpha value is -1.87. The quantitative estimate of drug-likeness (QED) is 0.901. The smallest absolute Gasteiger partial charge is 0.123 e. The molecule has 2 N–H and O–H groups in total. The van der Waals surface area contributed by atoms with Crippen LogP contribution in [-0.4, -0.2) is 13.6 Å². The lowest BCUT2D eigenvalue weighted by Crippen LogP contribution is -2.31. The average Bonchev–Trinajstić information content (AvgIpc) is 2.48. The van der Waals surface area contributed by atoms with Crippen LogP contribution in [0.5, 0.6) is 0 Å². The van der Waals surface area contributed by atoms with Gasteiger partial charge in [0.05, 0.1) is 0 Å². The van der Waals surface area contributed by atoms with Crippen molar-refractivity contribution in [3.63, 3.8) is 0 Å². The molecule has 2 nitrogen and oxygen atoms in total. The summed E-state index contributed by atoms with van der Waals surface area (Å²) in [6, 6.07) is 16.6. The fraction of sp³-hybridized carbons (Fsp3) is 0.294. The minimum Gasteiger partial charge on any atom is -0.374 e. The largest absolute Gasteiger partial charge is 0.374 e. The first kappa shape index (κ1) is 14.5. The summed E-state index contributed by atoms with van der Waals surface area (Å²) < 4.78 is 12.9. The molecule has 0 spiro atoms. The lowest BCUT2D eigenvalue weighted by Gasteiger charge is -2.27. The van der Waals surface area contributed by atoms with Gasteiger partial charge in [-0.2, -0.15) is 0 Å². The molecule has 0 aliphatic carbocycles. The van der Waals surface area contributed by atoms with Crippen LogP contribution in [0.1, 0.15) is 18.5 Å². The molecule has 0 aliphatic rings. The summed E-state index contributed by atoms with van der Waals surface area (Å²) in [5.41, 5.74) is 8.45. The van der Waals surface area contributed by atoms with E-state index in [9.17, 15) is 4.39 Å². The molecule has 0 radical (unpaired) electrons. The predicted octanol–water partition coefficient (Wildman–Crippen LogP) is 3.60. The van der Waals surface area contributed by atoms with Crippen LogP contribution in [0.4, 0.5) is 10.1 Å². The van der Waals surface area contributed by atoms with Crippen LogP contribution in [0, 0.1) is 11.7 Å². The SMILES string of the molecule is CC(CN(C)c1ccc(F)cc1)C(N)c1ccccc1. The van der Waals surface area contributed by atoms with E-state index in [-0.39, 0.29) is 11.9 Å². The molecular formula is C17H21FN2. The van der Waals surface area contributed by atoms with Crippen LogP contribution < -0.4 is 10.6 Å². The van der Waals surface area contributed by atoms with Gasteiger partial charge in [0, 0.05) is 25.3 Å². The Morgan fingerprint density at radius 1 is 1.05 bits per heavy atom. The molecule has 0 amide bonds. The lowest BCUT2D eigenvalue weighted by atomic mass is 9.95. The molecule has 0 aromatic heterocycles. The molecule has 0 bridgehead atoms. The van der Waals surface area contributed by atoms with Crippen LogP contribution in [0.3, 0.4) is 0 Å². The van der Waals surface area contributed by atoms with Crippen molar-refractivity contribution in [1.82, 2.24) is 0 Å². The van der Waals surface area contributed by atoms with E-state index in [1.165, 1.54) is 12.1 Å². The summed E-state index contributed by atoms with van der Waals surface area (Å²) >= 11 is 0. The maximum absolute atomic E-state index is 12.9. The second-order valence-corrected chi connectivity index (χ2v) is 5.27. The highest BCUT2D eigenvalue weighted by Gasteiger charge is 2.16. The van der Waals surface area contributed by atoms with Crippen molar-refractivity contribution < 1.29 is 4.39 Å². The topological polar surface area (TPSA) is 29.3 Å². The number of hydrogen-bond acceptors (Lipinski definition) is 2. The molecular weight excluding hydrogens is 251 g/mol. The Labute approximate surface area is 120 Å². The summed E-state index contributed by atoms with van der Waals surface area (Å²) in [4.78, 5) is 2.10. The predicted molar refractivity (Wildman–Crippen MR) is 82.2 cm³/mol. The van der Waals surface area contributed by atoms with Crippen LogP contribution in [0.15, 0.2) is 54.6 Å². The Balaban J connectivity index is 2.00. The van der Waals surface area contributed by atoms with E-state index in [1.807, 2.05) is 25.2 Å². The van der Waals surface area contributed by atoms with Crippen molar-refractivity contribution in [2.45, 2.75) is 13.0 Å². The second kappa shape index (κ2) is 6.53. The number of anilines is 1. The Kier molecular flexibility index (Phi) is 4.74. The maximum Gasteiger partial charge on any atom is 0.123 e. The van der Waals surface area contributed by atoms with E-state index < -0.39 is 0 Å². The van der Waals surface area contributed by atoms with E-state index in [2.05, 4.69) is 24.0 Å². The molecule has 106 valence electrons. The van der Waals surface area contributed by atoms with Crippen molar-refractivity contribution in [1.29, 1.82) is 0 Å². The summed E-state index contributed by atoms with van der Waals surface area (Å²) in [6.45, 7) is 2.96. The molecule has 2 aromatic rings. The monoisotopic (exact) mass is 272 g/mol. The third-order valence-corrected chi connectivity index (χ3v) is 3.63. The molecule has 20 heavy (non-hydrogen) atoms. The summed E-state index contributed by atoms with van der Waals surface area (Å²) in [5, 5.41) is 0. The highest BCUT2D eigenvalue weighted by molar-refractivity contribution is 5.45. The Morgan fingerprint density at radius 3 is 2.25 bits per heavy atom. The fourth-order valence-electron chi connectivity index (χ4n) is 2.35. The van der Waals surface area contributed by atoms with Crippen molar-refractivity contribution in [2.24, 2.45) is 11.7 Å². The van der Waals surface area contributed by atoms with Gasteiger partial charge in [-0.3, -0.25) is 0 Å². The van der Waals surface area contributed by atoms with E-state index in [1.54, 1.807) is 12.1 Å². The van der Waals surface area contributed by atoms with Crippen LogP contribution >= 0.6 is 0 Å². The third-order valence-electron chi connectivity index (χ3n) is 3.63. The highest BCUT2D eigenvalue weighted by Crippen LogP contribution is 2.22. The summed E-state index contributed by atoms with van der Waals surface area (Å²) in [7, 11) is 2.00. The van der Waals surface area contributed by atoms with E-state index in [0.29, 0.717) is 5.92 Å². The maximum atomic E-state index is 12.9. The first-order valence-electron chi connectivity index (χ1n) is 6.85. The van der Waals surface area contributed by atoms with Gasteiger partial charge >= 0.3 is 0 Å². The summed E-state index contributed by atoms with van der Waals surface area (Å²) in [6.07, 6.45) is 0. The molecule has 2 atom stereocenters.